The van der Waals surface area contributed by atoms with Crippen LogP contribution in [0.2, 0.25) is 0 Å². The van der Waals surface area contributed by atoms with Crippen molar-refractivity contribution in [1.82, 2.24) is 0 Å². The number of benzene rings is 1. The number of unbranched alkanes of at least 4 members (excludes halogenated alkanes) is 1. The standard InChI is InChI=1S/C14H18O4S/c15-14(16)4-1-2-9-19-11-5-6-12-13(10-11)18-8-3-7-17-12/h5-6,10H,1-4,7-9H2,(H,15,16). The first-order valence-electron chi connectivity index (χ1n) is 6.50. The first-order valence-corrected chi connectivity index (χ1v) is 7.48. The van der Waals surface area contributed by atoms with Gasteiger partial charge in [0.15, 0.2) is 11.5 Å². The van der Waals surface area contributed by atoms with Crippen molar-refractivity contribution in [2.75, 3.05) is 19.0 Å². The Morgan fingerprint density at radius 1 is 1.21 bits per heavy atom. The fraction of sp³-hybridized carbons (Fsp3) is 0.500. The van der Waals surface area contributed by atoms with Crippen molar-refractivity contribution in [3.8, 4) is 11.5 Å². The molecule has 0 unspecified atom stereocenters. The van der Waals surface area contributed by atoms with E-state index in [4.69, 9.17) is 14.6 Å². The number of thioether (sulfide) groups is 1. The Kier molecular flexibility index (Phi) is 5.39. The summed E-state index contributed by atoms with van der Waals surface area (Å²) in [5, 5.41) is 8.55. The van der Waals surface area contributed by atoms with Gasteiger partial charge in [-0.25, -0.2) is 0 Å². The van der Waals surface area contributed by atoms with Gasteiger partial charge in [0.2, 0.25) is 0 Å². The molecule has 0 fully saturated rings. The molecule has 0 saturated carbocycles. The third-order valence-corrected chi connectivity index (χ3v) is 3.85. The number of hydrogen-bond donors (Lipinski definition) is 1. The summed E-state index contributed by atoms with van der Waals surface area (Å²) in [7, 11) is 0. The maximum Gasteiger partial charge on any atom is 0.303 e. The Labute approximate surface area is 117 Å². The summed E-state index contributed by atoms with van der Waals surface area (Å²) in [6, 6.07) is 5.97. The van der Waals surface area contributed by atoms with E-state index < -0.39 is 5.97 Å². The van der Waals surface area contributed by atoms with Gasteiger partial charge in [0.1, 0.15) is 0 Å². The van der Waals surface area contributed by atoms with Crippen LogP contribution in [0.5, 0.6) is 11.5 Å². The number of ether oxygens (including phenoxy) is 2. The zero-order valence-corrected chi connectivity index (χ0v) is 11.6. The summed E-state index contributed by atoms with van der Waals surface area (Å²) in [6.45, 7) is 1.40. The summed E-state index contributed by atoms with van der Waals surface area (Å²) in [4.78, 5) is 11.5. The van der Waals surface area contributed by atoms with E-state index in [0.717, 1.165) is 41.4 Å². The van der Waals surface area contributed by atoms with Crippen molar-refractivity contribution in [2.24, 2.45) is 0 Å². The van der Waals surface area contributed by atoms with Gasteiger partial charge in [-0.3, -0.25) is 4.79 Å². The van der Waals surface area contributed by atoms with Crippen LogP contribution < -0.4 is 9.47 Å². The monoisotopic (exact) mass is 282 g/mol. The van der Waals surface area contributed by atoms with Crippen LogP contribution in [0.4, 0.5) is 0 Å². The molecule has 1 aliphatic heterocycles. The quantitative estimate of drug-likeness (QED) is 0.641. The third kappa shape index (κ3) is 4.67. The molecular weight excluding hydrogens is 264 g/mol. The lowest BCUT2D eigenvalue weighted by molar-refractivity contribution is -0.137. The van der Waals surface area contributed by atoms with Gasteiger partial charge in [-0.2, -0.15) is 0 Å². The SMILES string of the molecule is O=C(O)CCCCSc1ccc2c(c1)OCCCO2. The van der Waals surface area contributed by atoms with Crippen molar-refractivity contribution in [3.63, 3.8) is 0 Å². The van der Waals surface area contributed by atoms with E-state index in [1.807, 2.05) is 18.2 Å². The van der Waals surface area contributed by atoms with E-state index in [9.17, 15) is 4.79 Å². The smallest absolute Gasteiger partial charge is 0.303 e. The Bertz CT molecular complexity index is 433. The number of fused-ring (bicyclic) bond motifs is 1. The number of carbonyl (C=O) groups is 1. The largest absolute Gasteiger partial charge is 0.490 e. The van der Waals surface area contributed by atoms with E-state index in [1.165, 1.54) is 0 Å². The van der Waals surface area contributed by atoms with Gasteiger partial charge in [-0.1, -0.05) is 0 Å². The zero-order valence-electron chi connectivity index (χ0n) is 10.8. The Hall–Kier alpha value is -1.36. The number of carboxylic acid groups (broad SMARTS) is 1. The van der Waals surface area contributed by atoms with Crippen molar-refractivity contribution in [2.45, 2.75) is 30.6 Å². The second-order valence-corrected chi connectivity index (χ2v) is 5.53. The van der Waals surface area contributed by atoms with Crippen LogP contribution in [-0.2, 0) is 4.79 Å². The first kappa shape index (κ1) is 14.1. The topological polar surface area (TPSA) is 55.8 Å². The van der Waals surface area contributed by atoms with Crippen LogP contribution >= 0.6 is 11.8 Å². The van der Waals surface area contributed by atoms with Crippen LogP contribution in [0.1, 0.15) is 25.7 Å². The Balaban J connectivity index is 1.81. The highest BCUT2D eigenvalue weighted by atomic mass is 32.2. The number of hydrogen-bond acceptors (Lipinski definition) is 4. The fourth-order valence-electron chi connectivity index (χ4n) is 1.80. The number of rotatable bonds is 6. The molecule has 1 aromatic rings. The lowest BCUT2D eigenvalue weighted by Crippen LogP contribution is -1.97. The molecule has 0 spiro atoms. The third-order valence-electron chi connectivity index (χ3n) is 2.77. The van der Waals surface area contributed by atoms with Crippen LogP contribution in [0, 0.1) is 0 Å². The molecular formula is C14H18O4S. The Morgan fingerprint density at radius 2 is 2.00 bits per heavy atom. The molecule has 0 radical (unpaired) electrons. The van der Waals surface area contributed by atoms with Crippen molar-refractivity contribution in [1.29, 1.82) is 0 Å². The van der Waals surface area contributed by atoms with E-state index in [2.05, 4.69) is 0 Å². The fourth-order valence-corrected chi connectivity index (χ4v) is 2.74. The molecule has 4 nitrogen and oxygen atoms in total. The maximum atomic E-state index is 10.4. The molecule has 1 aromatic carbocycles. The maximum absolute atomic E-state index is 10.4. The predicted molar refractivity (Wildman–Crippen MR) is 74.3 cm³/mol. The minimum atomic E-state index is -0.722. The highest BCUT2D eigenvalue weighted by Gasteiger charge is 2.10. The summed E-state index contributed by atoms with van der Waals surface area (Å²) in [5.41, 5.74) is 0. The molecule has 0 aromatic heterocycles. The summed E-state index contributed by atoms with van der Waals surface area (Å²) >= 11 is 1.72. The highest BCUT2D eigenvalue weighted by molar-refractivity contribution is 7.99. The minimum absolute atomic E-state index is 0.252. The van der Waals surface area contributed by atoms with E-state index in [0.29, 0.717) is 13.2 Å². The molecule has 0 atom stereocenters. The molecule has 104 valence electrons. The zero-order chi connectivity index (χ0) is 13.5. The van der Waals surface area contributed by atoms with Gasteiger partial charge in [0.05, 0.1) is 13.2 Å². The summed E-state index contributed by atoms with van der Waals surface area (Å²) in [6.07, 6.45) is 2.80. The lowest BCUT2D eigenvalue weighted by atomic mass is 10.2. The van der Waals surface area contributed by atoms with Crippen molar-refractivity contribution < 1.29 is 19.4 Å². The van der Waals surface area contributed by atoms with Gasteiger partial charge in [-0.05, 0) is 36.8 Å². The van der Waals surface area contributed by atoms with Gasteiger partial charge < -0.3 is 14.6 Å². The van der Waals surface area contributed by atoms with E-state index in [-0.39, 0.29) is 6.42 Å². The molecule has 0 saturated heterocycles. The van der Waals surface area contributed by atoms with Crippen molar-refractivity contribution >= 4 is 17.7 Å². The average Bonchev–Trinajstić information content (AvgIpc) is 2.62. The van der Waals surface area contributed by atoms with E-state index in [1.54, 1.807) is 11.8 Å². The first-order chi connectivity index (χ1) is 9.25. The van der Waals surface area contributed by atoms with Crippen LogP contribution in [0.3, 0.4) is 0 Å². The average molecular weight is 282 g/mol. The predicted octanol–water partition coefficient (Wildman–Crippen LogP) is 3.19. The molecule has 1 N–H and O–H groups in total. The second-order valence-electron chi connectivity index (χ2n) is 4.36. The summed E-state index contributed by atoms with van der Waals surface area (Å²) in [5.74, 6) is 1.83. The molecule has 0 amide bonds. The molecule has 0 bridgehead atoms. The second kappa shape index (κ2) is 7.28. The molecule has 0 aliphatic carbocycles. The lowest BCUT2D eigenvalue weighted by Gasteiger charge is -2.09. The molecule has 19 heavy (non-hydrogen) atoms. The number of carboxylic acids is 1. The van der Waals surface area contributed by atoms with Gasteiger partial charge in [-0.15, -0.1) is 11.8 Å². The van der Waals surface area contributed by atoms with Gasteiger partial charge in [0, 0.05) is 17.7 Å². The van der Waals surface area contributed by atoms with Gasteiger partial charge in [0.25, 0.3) is 0 Å². The van der Waals surface area contributed by atoms with Gasteiger partial charge >= 0.3 is 5.97 Å². The Morgan fingerprint density at radius 3 is 2.79 bits per heavy atom. The van der Waals surface area contributed by atoms with Crippen LogP contribution in [-0.4, -0.2) is 30.0 Å². The number of aliphatic carboxylic acids is 1. The summed E-state index contributed by atoms with van der Waals surface area (Å²) < 4.78 is 11.2. The normalized spacial score (nSPS) is 13.9. The van der Waals surface area contributed by atoms with Crippen LogP contribution in [0.25, 0.3) is 0 Å². The van der Waals surface area contributed by atoms with Crippen molar-refractivity contribution in [3.05, 3.63) is 18.2 Å². The molecule has 5 heteroatoms. The molecule has 1 heterocycles. The minimum Gasteiger partial charge on any atom is -0.490 e. The van der Waals surface area contributed by atoms with Crippen LogP contribution in [0.15, 0.2) is 23.1 Å². The highest BCUT2D eigenvalue weighted by Crippen LogP contribution is 2.34. The van der Waals surface area contributed by atoms with E-state index >= 15 is 0 Å². The molecule has 2 rings (SSSR count). The molecule has 1 aliphatic rings.